The monoisotopic (exact) mass is 441 g/mol. The van der Waals surface area contributed by atoms with Crippen LogP contribution in [0, 0.1) is 17.0 Å². The number of carbonyl (C=O) groups is 1. The molecule has 0 bridgehead atoms. The smallest absolute Gasteiger partial charge is 0.271 e. The topological polar surface area (TPSA) is 119 Å². The maximum Gasteiger partial charge on any atom is 0.271 e. The van der Waals surface area contributed by atoms with Gasteiger partial charge in [-0.25, -0.2) is 8.42 Å². The summed E-state index contributed by atoms with van der Waals surface area (Å²) < 4.78 is 31.0. The Morgan fingerprint density at radius 2 is 1.93 bits per heavy atom. The van der Waals surface area contributed by atoms with E-state index in [1.165, 1.54) is 32.2 Å². The van der Waals surface area contributed by atoms with E-state index < -0.39 is 26.9 Å². The molecular weight excluding hydrogens is 422 g/mol. The number of non-ortho nitro benzene ring substituents is 1. The fourth-order valence-electron chi connectivity index (χ4n) is 2.74. The van der Waals surface area contributed by atoms with Gasteiger partial charge in [0.2, 0.25) is 15.9 Å². The van der Waals surface area contributed by atoms with E-state index in [0.29, 0.717) is 16.3 Å². The van der Waals surface area contributed by atoms with Gasteiger partial charge in [-0.2, -0.15) is 0 Å². The lowest BCUT2D eigenvalue weighted by molar-refractivity contribution is -0.384. The van der Waals surface area contributed by atoms with Crippen LogP contribution in [0.2, 0.25) is 5.02 Å². The molecule has 0 radical (unpaired) electrons. The SMILES string of the molecule is COc1ccc(Cl)cc1NC(=O)[C@H](C)N(c1cc([N+](=O)[O-])ccc1C)S(C)(=O)=O. The summed E-state index contributed by atoms with van der Waals surface area (Å²) in [4.78, 5) is 23.3. The Morgan fingerprint density at radius 1 is 1.28 bits per heavy atom. The zero-order valence-electron chi connectivity index (χ0n) is 16.2. The Labute approximate surface area is 173 Å². The highest BCUT2D eigenvalue weighted by Crippen LogP contribution is 2.31. The largest absolute Gasteiger partial charge is 0.495 e. The third-order valence-electron chi connectivity index (χ3n) is 4.15. The van der Waals surface area contributed by atoms with Crippen LogP contribution in [0.4, 0.5) is 17.1 Å². The predicted octanol–water partition coefficient (Wildman–Crippen LogP) is 3.36. The molecule has 0 heterocycles. The number of nitrogens with one attached hydrogen (secondary N) is 1. The van der Waals surface area contributed by atoms with Crippen LogP contribution in [0.5, 0.6) is 5.75 Å². The third kappa shape index (κ3) is 5.15. The normalized spacial score (nSPS) is 12.2. The second-order valence-electron chi connectivity index (χ2n) is 6.30. The van der Waals surface area contributed by atoms with E-state index in [1.54, 1.807) is 19.1 Å². The van der Waals surface area contributed by atoms with Gasteiger partial charge in [-0.3, -0.25) is 19.2 Å². The van der Waals surface area contributed by atoms with Crippen LogP contribution in [-0.2, 0) is 14.8 Å². The van der Waals surface area contributed by atoms with E-state index in [1.807, 2.05) is 0 Å². The summed E-state index contributed by atoms with van der Waals surface area (Å²) in [6.45, 7) is 2.98. The molecule has 9 nitrogen and oxygen atoms in total. The van der Waals surface area contributed by atoms with Gasteiger partial charge >= 0.3 is 0 Å². The third-order valence-corrected chi connectivity index (χ3v) is 5.61. The molecule has 156 valence electrons. The van der Waals surface area contributed by atoms with E-state index in [4.69, 9.17) is 16.3 Å². The van der Waals surface area contributed by atoms with Crippen molar-refractivity contribution in [1.29, 1.82) is 0 Å². The van der Waals surface area contributed by atoms with Gasteiger partial charge in [-0.05, 0) is 37.6 Å². The number of methoxy groups -OCH3 is 1. The van der Waals surface area contributed by atoms with Gasteiger partial charge in [0.1, 0.15) is 11.8 Å². The second kappa shape index (κ2) is 8.66. The van der Waals surface area contributed by atoms with Crippen LogP contribution in [-0.4, -0.2) is 38.7 Å². The Balaban J connectivity index is 2.47. The molecule has 0 aliphatic rings. The van der Waals surface area contributed by atoms with Gasteiger partial charge in [0.15, 0.2) is 0 Å². The first-order valence-corrected chi connectivity index (χ1v) is 10.6. The summed E-state index contributed by atoms with van der Waals surface area (Å²) in [6.07, 6.45) is 0.926. The molecule has 2 aromatic rings. The van der Waals surface area contributed by atoms with Gasteiger partial charge in [0.05, 0.1) is 29.7 Å². The van der Waals surface area contributed by atoms with Crippen molar-refractivity contribution in [3.05, 3.63) is 57.1 Å². The molecule has 1 atom stereocenters. The number of nitro benzene ring substituents is 1. The summed E-state index contributed by atoms with van der Waals surface area (Å²) in [5, 5.41) is 14.1. The molecule has 0 fully saturated rings. The van der Waals surface area contributed by atoms with Gasteiger partial charge < -0.3 is 10.1 Å². The van der Waals surface area contributed by atoms with Crippen molar-refractivity contribution in [3.8, 4) is 5.75 Å². The quantitative estimate of drug-likeness (QED) is 0.519. The summed E-state index contributed by atoms with van der Waals surface area (Å²) in [6, 6.07) is 7.21. The molecule has 1 N–H and O–H groups in total. The highest BCUT2D eigenvalue weighted by Gasteiger charge is 2.31. The zero-order valence-corrected chi connectivity index (χ0v) is 17.7. The minimum Gasteiger partial charge on any atom is -0.495 e. The number of nitrogens with zero attached hydrogens (tertiary/aromatic N) is 2. The molecule has 11 heteroatoms. The standard InChI is InChI=1S/C18H20ClN3O6S/c1-11-5-7-14(22(24)25)10-16(11)21(29(4,26)27)12(2)18(23)20-15-9-13(19)6-8-17(15)28-3/h5-10,12H,1-4H3,(H,20,23)/t12-/m0/s1. The number of sulfonamides is 1. The van der Waals surface area contributed by atoms with Crippen molar-refractivity contribution in [2.24, 2.45) is 0 Å². The van der Waals surface area contributed by atoms with Crippen LogP contribution in [0.15, 0.2) is 36.4 Å². The van der Waals surface area contributed by atoms with Gasteiger partial charge in [0.25, 0.3) is 5.69 Å². The van der Waals surface area contributed by atoms with Crippen molar-refractivity contribution in [2.75, 3.05) is 23.0 Å². The Kier molecular flexibility index (Phi) is 6.70. The van der Waals surface area contributed by atoms with Crippen LogP contribution in [0.1, 0.15) is 12.5 Å². The number of benzene rings is 2. The number of halogens is 1. The molecule has 0 aliphatic carbocycles. The van der Waals surface area contributed by atoms with Crippen molar-refractivity contribution in [2.45, 2.75) is 19.9 Å². The molecule has 0 spiro atoms. The minimum atomic E-state index is -3.95. The van der Waals surface area contributed by atoms with Gasteiger partial charge in [-0.15, -0.1) is 0 Å². The van der Waals surface area contributed by atoms with Crippen molar-refractivity contribution < 1.29 is 22.9 Å². The summed E-state index contributed by atoms with van der Waals surface area (Å²) >= 11 is 5.96. The van der Waals surface area contributed by atoms with Crippen molar-refractivity contribution in [1.82, 2.24) is 0 Å². The highest BCUT2D eigenvalue weighted by molar-refractivity contribution is 7.92. The number of nitro groups is 1. The number of carbonyl (C=O) groups excluding carboxylic acids is 1. The molecule has 2 rings (SSSR count). The number of ether oxygens (including phenoxy) is 1. The first kappa shape index (κ1) is 22.4. The number of anilines is 2. The number of aryl methyl sites for hydroxylation is 1. The van der Waals surface area contributed by atoms with E-state index in [0.717, 1.165) is 16.6 Å². The lowest BCUT2D eigenvalue weighted by atomic mass is 10.1. The maximum atomic E-state index is 12.8. The molecule has 0 aliphatic heterocycles. The fraction of sp³-hybridized carbons (Fsp3) is 0.278. The van der Waals surface area contributed by atoms with Crippen molar-refractivity contribution in [3.63, 3.8) is 0 Å². The lowest BCUT2D eigenvalue weighted by Gasteiger charge is -2.29. The van der Waals surface area contributed by atoms with Crippen LogP contribution in [0.3, 0.4) is 0 Å². The Bertz CT molecular complexity index is 1060. The van der Waals surface area contributed by atoms with E-state index in [-0.39, 0.29) is 17.1 Å². The molecule has 0 unspecified atom stereocenters. The fourth-order valence-corrected chi connectivity index (χ4v) is 4.14. The minimum absolute atomic E-state index is 0.0439. The maximum absolute atomic E-state index is 12.8. The molecule has 0 saturated carbocycles. The highest BCUT2D eigenvalue weighted by atomic mass is 35.5. The molecule has 2 aromatic carbocycles. The Hall–Kier alpha value is -2.85. The van der Waals surface area contributed by atoms with E-state index in [9.17, 15) is 23.3 Å². The second-order valence-corrected chi connectivity index (χ2v) is 8.59. The lowest BCUT2D eigenvalue weighted by Crippen LogP contribution is -2.45. The average Bonchev–Trinajstić information content (AvgIpc) is 2.62. The molecule has 29 heavy (non-hydrogen) atoms. The van der Waals surface area contributed by atoms with E-state index >= 15 is 0 Å². The average molecular weight is 442 g/mol. The van der Waals surface area contributed by atoms with Crippen LogP contribution >= 0.6 is 11.6 Å². The predicted molar refractivity (Wildman–Crippen MR) is 111 cm³/mol. The zero-order chi connectivity index (χ0) is 21.9. The molecule has 0 aromatic heterocycles. The van der Waals surface area contributed by atoms with Crippen LogP contribution in [0.25, 0.3) is 0 Å². The summed E-state index contributed by atoms with van der Waals surface area (Å²) in [5.41, 5.74) is 0.479. The molecular formula is C18H20ClN3O6S. The molecule has 1 amide bonds. The van der Waals surface area contributed by atoms with Gasteiger partial charge in [-0.1, -0.05) is 17.7 Å². The number of amides is 1. The number of rotatable bonds is 7. The first-order chi connectivity index (χ1) is 13.5. The molecule has 0 saturated heterocycles. The number of hydrogen-bond donors (Lipinski definition) is 1. The number of hydrogen-bond acceptors (Lipinski definition) is 6. The van der Waals surface area contributed by atoms with Crippen LogP contribution < -0.4 is 14.4 Å². The van der Waals surface area contributed by atoms with Crippen molar-refractivity contribution >= 4 is 44.6 Å². The van der Waals surface area contributed by atoms with Gasteiger partial charge in [0, 0.05) is 17.2 Å². The Morgan fingerprint density at radius 3 is 2.48 bits per heavy atom. The van der Waals surface area contributed by atoms with E-state index in [2.05, 4.69) is 5.32 Å². The summed E-state index contributed by atoms with van der Waals surface area (Å²) in [5.74, 6) is -0.325. The summed E-state index contributed by atoms with van der Waals surface area (Å²) in [7, 11) is -2.54. The first-order valence-electron chi connectivity index (χ1n) is 8.34.